The molecule has 0 bridgehead atoms. The maximum atomic E-state index is 12.9. The number of alkyl halides is 2. The summed E-state index contributed by atoms with van der Waals surface area (Å²) < 4.78 is 25.9. The fourth-order valence-electron chi connectivity index (χ4n) is 2.49. The van der Waals surface area contributed by atoms with Gasteiger partial charge in [-0.05, 0) is 19.4 Å². The van der Waals surface area contributed by atoms with Crippen LogP contribution in [0.3, 0.4) is 0 Å². The van der Waals surface area contributed by atoms with E-state index < -0.39 is 11.5 Å². The smallest absolute Gasteiger partial charge is 0.262 e. The van der Waals surface area contributed by atoms with Crippen LogP contribution in [0.25, 0.3) is 0 Å². The highest BCUT2D eigenvalue weighted by molar-refractivity contribution is 5.05. The molecule has 2 fully saturated rings. The van der Waals surface area contributed by atoms with E-state index in [2.05, 4.69) is 0 Å². The fraction of sp³-hybridized carbons (Fsp3) is 1.00. The number of aliphatic hydroxyl groups excluding tert-OH is 1. The maximum Gasteiger partial charge on any atom is 0.262 e. The molecule has 1 N–H and O–H groups in total. The molecular formula is C11H23F2NO. The summed E-state index contributed by atoms with van der Waals surface area (Å²) in [6, 6.07) is 0. The van der Waals surface area contributed by atoms with Crippen LogP contribution in [0.4, 0.5) is 8.78 Å². The Balaban J connectivity index is 0.000000617. The zero-order valence-corrected chi connectivity index (χ0v) is 8.89. The Bertz CT molecular complexity index is 199. The van der Waals surface area contributed by atoms with Gasteiger partial charge in [-0.1, -0.05) is 21.3 Å². The lowest BCUT2D eigenvalue weighted by molar-refractivity contribution is 0.00767. The van der Waals surface area contributed by atoms with E-state index in [1.807, 2.05) is 13.8 Å². The second-order valence-corrected chi connectivity index (χ2v) is 3.94. The first kappa shape index (κ1) is 14.8. The Morgan fingerprint density at radius 3 is 2.40 bits per heavy atom. The topological polar surface area (TPSA) is 23.5 Å². The van der Waals surface area contributed by atoms with Crippen LogP contribution in [-0.2, 0) is 0 Å². The van der Waals surface area contributed by atoms with Gasteiger partial charge in [-0.25, -0.2) is 8.78 Å². The van der Waals surface area contributed by atoms with Crippen LogP contribution < -0.4 is 0 Å². The molecule has 0 aromatic heterocycles. The summed E-state index contributed by atoms with van der Waals surface area (Å²) in [5.41, 5.74) is -0.580. The second kappa shape index (κ2) is 5.21. The van der Waals surface area contributed by atoms with Gasteiger partial charge in [0.1, 0.15) is 0 Å². The Labute approximate surface area is 91.3 Å². The van der Waals surface area contributed by atoms with Gasteiger partial charge in [-0.15, -0.1) is 0 Å². The fourth-order valence-corrected chi connectivity index (χ4v) is 2.49. The predicted molar refractivity (Wildman–Crippen MR) is 58.3 cm³/mol. The molecule has 0 aromatic rings. The van der Waals surface area contributed by atoms with Crippen molar-refractivity contribution in [2.24, 2.45) is 0 Å². The zero-order chi connectivity index (χ0) is 10.8. The highest BCUT2D eigenvalue weighted by Crippen LogP contribution is 2.45. The maximum absolute atomic E-state index is 12.9. The molecule has 2 saturated heterocycles. The number of halogens is 2. The molecule has 0 unspecified atom stereocenters. The van der Waals surface area contributed by atoms with Gasteiger partial charge in [-0.3, -0.25) is 4.90 Å². The molecule has 2 aliphatic heterocycles. The minimum atomic E-state index is -2.58. The van der Waals surface area contributed by atoms with Crippen molar-refractivity contribution in [1.29, 1.82) is 0 Å². The van der Waals surface area contributed by atoms with E-state index in [1.165, 1.54) is 0 Å². The monoisotopic (exact) mass is 223 g/mol. The van der Waals surface area contributed by atoms with Crippen LogP contribution in [0.1, 0.15) is 40.5 Å². The van der Waals surface area contributed by atoms with Gasteiger partial charge in [0.2, 0.25) is 0 Å². The predicted octanol–water partition coefficient (Wildman–Crippen LogP) is 2.51. The molecule has 1 atom stereocenters. The van der Waals surface area contributed by atoms with Crippen LogP contribution in [0, 0.1) is 0 Å². The molecule has 15 heavy (non-hydrogen) atoms. The molecule has 2 aliphatic rings. The van der Waals surface area contributed by atoms with Gasteiger partial charge in [0.05, 0.1) is 18.7 Å². The molecule has 0 aromatic carbocycles. The SMILES string of the molecule is C.CC.OC[C@@]12CCCN1CC(F)(F)C2. The number of rotatable bonds is 1. The van der Waals surface area contributed by atoms with Crippen LogP contribution in [-0.4, -0.2) is 41.2 Å². The quantitative estimate of drug-likeness (QED) is 0.738. The van der Waals surface area contributed by atoms with Crippen molar-refractivity contribution in [3.8, 4) is 0 Å². The molecule has 92 valence electrons. The first-order valence-electron chi connectivity index (χ1n) is 5.32. The average Bonchev–Trinajstić information content (AvgIpc) is 2.61. The van der Waals surface area contributed by atoms with Crippen LogP contribution in [0.15, 0.2) is 0 Å². The van der Waals surface area contributed by atoms with E-state index in [1.54, 1.807) is 4.90 Å². The number of fused-ring (bicyclic) bond motifs is 1. The van der Waals surface area contributed by atoms with Crippen molar-refractivity contribution < 1.29 is 13.9 Å². The second-order valence-electron chi connectivity index (χ2n) is 3.94. The molecule has 2 heterocycles. The Morgan fingerprint density at radius 2 is 1.93 bits per heavy atom. The molecular weight excluding hydrogens is 200 g/mol. The van der Waals surface area contributed by atoms with Crippen molar-refractivity contribution in [3.63, 3.8) is 0 Å². The van der Waals surface area contributed by atoms with Gasteiger partial charge in [-0.2, -0.15) is 0 Å². The van der Waals surface area contributed by atoms with E-state index in [9.17, 15) is 8.78 Å². The minimum Gasteiger partial charge on any atom is -0.394 e. The van der Waals surface area contributed by atoms with Crippen molar-refractivity contribution >= 4 is 0 Å². The normalized spacial score (nSPS) is 32.6. The standard InChI is InChI=1S/C8H13F2NO.C2H6.CH4/c9-8(10)4-7(6-12)2-1-3-11(7)5-8;1-2;/h12H,1-6H2;1-2H3;1H4/t7-;;/m0../s1. The van der Waals surface area contributed by atoms with E-state index in [0.717, 1.165) is 19.4 Å². The third kappa shape index (κ3) is 2.67. The summed E-state index contributed by atoms with van der Waals surface area (Å²) in [6.07, 6.45) is 1.51. The largest absolute Gasteiger partial charge is 0.394 e. The molecule has 0 aliphatic carbocycles. The van der Waals surface area contributed by atoms with Gasteiger partial charge in [0, 0.05) is 6.42 Å². The highest BCUT2D eigenvalue weighted by atomic mass is 19.3. The van der Waals surface area contributed by atoms with Gasteiger partial charge in [0.15, 0.2) is 0 Å². The van der Waals surface area contributed by atoms with Crippen LogP contribution in [0.2, 0.25) is 0 Å². The van der Waals surface area contributed by atoms with E-state index in [4.69, 9.17) is 5.11 Å². The highest BCUT2D eigenvalue weighted by Gasteiger charge is 2.56. The van der Waals surface area contributed by atoms with Crippen molar-refractivity contribution in [2.45, 2.75) is 52.0 Å². The van der Waals surface area contributed by atoms with Gasteiger partial charge in [0.25, 0.3) is 5.92 Å². The lowest BCUT2D eigenvalue weighted by Gasteiger charge is -2.28. The number of aliphatic hydroxyl groups is 1. The lowest BCUT2D eigenvalue weighted by Crippen LogP contribution is -2.41. The number of hydrogen-bond acceptors (Lipinski definition) is 2. The molecule has 0 amide bonds. The Morgan fingerprint density at radius 1 is 1.33 bits per heavy atom. The van der Waals surface area contributed by atoms with Gasteiger partial charge >= 0.3 is 0 Å². The Kier molecular flexibility index (Phi) is 5.14. The molecule has 2 nitrogen and oxygen atoms in total. The van der Waals surface area contributed by atoms with Crippen molar-refractivity contribution in [2.75, 3.05) is 19.7 Å². The molecule has 0 spiro atoms. The first-order valence-corrected chi connectivity index (χ1v) is 5.32. The molecule has 4 heteroatoms. The third-order valence-electron chi connectivity index (χ3n) is 3.05. The summed E-state index contributed by atoms with van der Waals surface area (Å²) in [5, 5.41) is 9.08. The summed E-state index contributed by atoms with van der Waals surface area (Å²) in [5.74, 6) is -2.58. The third-order valence-corrected chi connectivity index (χ3v) is 3.05. The Hall–Kier alpha value is -0.220. The number of nitrogens with zero attached hydrogens (tertiary/aromatic N) is 1. The molecule has 0 radical (unpaired) electrons. The van der Waals surface area contributed by atoms with Crippen LogP contribution in [0.5, 0.6) is 0 Å². The van der Waals surface area contributed by atoms with Crippen LogP contribution >= 0.6 is 0 Å². The minimum absolute atomic E-state index is 0. The average molecular weight is 223 g/mol. The summed E-state index contributed by atoms with van der Waals surface area (Å²) in [4.78, 5) is 1.74. The van der Waals surface area contributed by atoms with E-state index >= 15 is 0 Å². The van der Waals surface area contributed by atoms with Crippen molar-refractivity contribution in [3.05, 3.63) is 0 Å². The summed E-state index contributed by atoms with van der Waals surface area (Å²) >= 11 is 0. The summed E-state index contributed by atoms with van der Waals surface area (Å²) in [7, 11) is 0. The number of hydrogen-bond donors (Lipinski definition) is 1. The molecule has 0 saturated carbocycles. The summed E-state index contributed by atoms with van der Waals surface area (Å²) in [6.45, 7) is 4.44. The molecule has 2 rings (SSSR count). The zero-order valence-electron chi connectivity index (χ0n) is 8.89. The first-order chi connectivity index (χ1) is 6.58. The van der Waals surface area contributed by atoms with E-state index in [0.29, 0.717) is 0 Å². The van der Waals surface area contributed by atoms with E-state index in [-0.39, 0.29) is 27.0 Å². The van der Waals surface area contributed by atoms with Crippen molar-refractivity contribution in [1.82, 2.24) is 4.90 Å². The lowest BCUT2D eigenvalue weighted by atomic mass is 9.94. The van der Waals surface area contributed by atoms with Gasteiger partial charge < -0.3 is 5.11 Å².